The number of rotatable bonds is 4. The summed E-state index contributed by atoms with van der Waals surface area (Å²) in [6.45, 7) is 0.687. The number of carbonyl (C=O) groups excluding carboxylic acids is 2. The van der Waals surface area contributed by atoms with Gasteiger partial charge in [0.25, 0.3) is 0 Å². The highest BCUT2D eigenvalue weighted by Crippen LogP contribution is 2.26. The number of aromatic nitrogens is 4. The molecule has 2 N–H and O–H groups in total. The van der Waals surface area contributed by atoms with E-state index in [0.717, 1.165) is 11.1 Å². The number of H-pyrrole nitrogens is 1. The molecule has 3 aromatic heterocycles. The lowest BCUT2D eigenvalue weighted by molar-refractivity contribution is -0.126. The molecule has 0 saturated carbocycles. The molecular formula is C15H14N6O2S. The summed E-state index contributed by atoms with van der Waals surface area (Å²) in [6, 6.07) is 3.72. The summed E-state index contributed by atoms with van der Waals surface area (Å²) in [5.74, 6) is -0.580. The molecule has 3 aromatic rings. The van der Waals surface area contributed by atoms with Gasteiger partial charge in [-0.1, -0.05) is 0 Å². The number of nitrogens with zero attached hydrogens (tertiary/aromatic N) is 4. The van der Waals surface area contributed by atoms with Crippen LogP contribution < -0.4 is 10.2 Å². The van der Waals surface area contributed by atoms with Crippen LogP contribution in [-0.2, 0) is 16.1 Å². The third-order valence-electron chi connectivity index (χ3n) is 3.99. The molecule has 122 valence electrons. The fourth-order valence-corrected chi connectivity index (χ4v) is 3.44. The highest BCUT2D eigenvalue weighted by molar-refractivity contribution is 7.13. The molecule has 1 unspecified atom stereocenters. The van der Waals surface area contributed by atoms with Crippen LogP contribution in [0.4, 0.5) is 5.13 Å². The Balaban J connectivity index is 1.41. The summed E-state index contributed by atoms with van der Waals surface area (Å²) in [5, 5.41) is 13.2. The van der Waals surface area contributed by atoms with E-state index in [1.807, 2.05) is 17.5 Å². The van der Waals surface area contributed by atoms with Crippen molar-refractivity contribution in [1.29, 1.82) is 0 Å². The Bertz CT molecular complexity index is 890. The van der Waals surface area contributed by atoms with E-state index in [1.54, 1.807) is 17.3 Å². The van der Waals surface area contributed by atoms with Crippen LogP contribution in [0.3, 0.4) is 0 Å². The van der Waals surface area contributed by atoms with Gasteiger partial charge in [0.2, 0.25) is 11.8 Å². The third-order valence-corrected chi connectivity index (χ3v) is 4.79. The molecule has 2 amide bonds. The summed E-state index contributed by atoms with van der Waals surface area (Å²) in [4.78, 5) is 34.3. The van der Waals surface area contributed by atoms with Gasteiger partial charge >= 0.3 is 0 Å². The molecule has 9 heteroatoms. The van der Waals surface area contributed by atoms with Crippen LogP contribution >= 0.6 is 11.3 Å². The maximum absolute atomic E-state index is 12.4. The number of amides is 2. The van der Waals surface area contributed by atoms with Crippen LogP contribution in [0.5, 0.6) is 0 Å². The Morgan fingerprint density at radius 2 is 2.33 bits per heavy atom. The van der Waals surface area contributed by atoms with E-state index in [1.165, 1.54) is 11.3 Å². The molecule has 4 rings (SSSR count). The van der Waals surface area contributed by atoms with Gasteiger partial charge in [0.05, 0.1) is 18.2 Å². The lowest BCUT2D eigenvalue weighted by Gasteiger charge is -2.13. The fourth-order valence-electron chi connectivity index (χ4n) is 2.77. The van der Waals surface area contributed by atoms with E-state index in [-0.39, 0.29) is 24.2 Å². The molecule has 0 radical (unpaired) electrons. The van der Waals surface area contributed by atoms with Crippen LogP contribution in [0.25, 0.3) is 11.0 Å². The largest absolute Gasteiger partial charge is 0.350 e. The lowest BCUT2D eigenvalue weighted by atomic mass is 10.1. The van der Waals surface area contributed by atoms with Crippen molar-refractivity contribution in [3.63, 3.8) is 0 Å². The van der Waals surface area contributed by atoms with E-state index in [0.29, 0.717) is 23.9 Å². The zero-order chi connectivity index (χ0) is 16.5. The number of fused-ring (bicyclic) bond motifs is 1. The van der Waals surface area contributed by atoms with Crippen molar-refractivity contribution in [1.82, 2.24) is 25.5 Å². The second kappa shape index (κ2) is 6.00. The van der Waals surface area contributed by atoms with Crippen LogP contribution in [0.2, 0.25) is 0 Å². The smallest absolute Gasteiger partial charge is 0.229 e. The van der Waals surface area contributed by atoms with Gasteiger partial charge in [0.15, 0.2) is 10.8 Å². The average Bonchev–Trinajstić information content (AvgIpc) is 3.32. The molecule has 4 heterocycles. The van der Waals surface area contributed by atoms with Gasteiger partial charge in [-0.3, -0.25) is 19.6 Å². The first-order valence-corrected chi connectivity index (χ1v) is 8.36. The minimum atomic E-state index is -0.367. The quantitative estimate of drug-likeness (QED) is 0.738. The number of pyridine rings is 1. The molecule has 1 atom stereocenters. The Kier molecular flexibility index (Phi) is 3.69. The number of hydrogen-bond donors (Lipinski definition) is 2. The molecule has 24 heavy (non-hydrogen) atoms. The molecule has 1 aliphatic rings. The number of hydrogen-bond acceptors (Lipinski definition) is 6. The number of thiazole rings is 1. The predicted molar refractivity (Wildman–Crippen MR) is 88.3 cm³/mol. The monoisotopic (exact) mass is 342 g/mol. The standard InChI is InChI=1S/C15H14N6O2S/c22-12-6-9(8-21(12)15-17-4-5-24-15)14(23)18-7-11-10-2-1-3-16-13(10)20-19-11/h1-5,9H,6-8H2,(H,18,23)(H,16,19,20). The Hall–Kier alpha value is -2.81. The molecule has 0 spiro atoms. The van der Waals surface area contributed by atoms with Crippen LogP contribution in [0.1, 0.15) is 12.1 Å². The number of anilines is 1. The molecule has 1 saturated heterocycles. The van der Waals surface area contributed by atoms with E-state index < -0.39 is 0 Å². The van der Waals surface area contributed by atoms with Gasteiger partial charge in [-0.15, -0.1) is 11.3 Å². The number of aromatic amines is 1. The van der Waals surface area contributed by atoms with Crippen molar-refractivity contribution in [2.75, 3.05) is 11.4 Å². The first kappa shape index (κ1) is 14.8. The minimum absolute atomic E-state index is 0.0682. The maximum atomic E-state index is 12.4. The van der Waals surface area contributed by atoms with Gasteiger partial charge < -0.3 is 5.32 Å². The van der Waals surface area contributed by atoms with E-state index in [2.05, 4.69) is 25.5 Å². The molecule has 8 nitrogen and oxygen atoms in total. The first-order chi connectivity index (χ1) is 11.7. The molecular weight excluding hydrogens is 328 g/mol. The SMILES string of the molecule is O=C(NCc1[nH]nc2ncccc12)C1CC(=O)N(c2nccs2)C1. The van der Waals surface area contributed by atoms with E-state index in [4.69, 9.17) is 0 Å². The zero-order valence-electron chi connectivity index (χ0n) is 12.6. The highest BCUT2D eigenvalue weighted by atomic mass is 32.1. The summed E-state index contributed by atoms with van der Waals surface area (Å²) in [7, 11) is 0. The number of nitrogens with one attached hydrogen (secondary N) is 2. The van der Waals surface area contributed by atoms with Gasteiger partial charge in [-0.25, -0.2) is 9.97 Å². The molecule has 1 fully saturated rings. The van der Waals surface area contributed by atoms with Crippen LogP contribution in [0, 0.1) is 5.92 Å². The second-order valence-electron chi connectivity index (χ2n) is 5.51. The van der Waals surface area contributed by atoms with E-state index >= 15 is 0 Å². The van der Waals surface area contributed by atoms with Crippen molar-refractivity contribution >= 4 is 39.3 Å². The molecule has 0 aromatic carbocycles. The summed E-state index contributed by atoms with van der Waals surface area (Å²) < 4.78 is 0. The molecule has 0 bridgehead atoms. The summed E-state index contributed by atoms with van der Waals surface area (Å²) >= 11 is 1.39. The van der Waals surface area contributed by atoms with Gasteiger partial charge in [0.1, 0.15) is 0 Å². The Morgan fingerprint density at radius 1 is 1.42 bits per heavy atom. The van der Waals surface area contributed by atoms with Crippen molar-refractivity contribution in [3.8, 4) is 0 Å². The summed E-state index contributed by atoms with van der Waals surface area (Å²) in [5.41, 5.74) is 1.42. The average molecular weight is 342 g/mol. The molecule has 0 aliphatic carbocycles. The van der Waals surface area contributed by atoms with E-state index in [9.17, 15) is 9.59 Å². The van der Waals surface area contributed by atoms with Crippen molar-refractivity contribution in [2.45, 2.75) is 13.0 Å². The maximum Gasteiger partial charge on any atom is 0.229 e. The zero-order valence-corrected chi connectivity index (χ0v) is 13.4. The van der Waals surface area contributed by atoms with Crippen molar-refractivity contribution < 1.29 is 9.59 Å². The van der Waals surface area contributed by atoms with Gasteiger partial charge in [0, 0.05) is 36.1 Å². The fraction of sp³-hybridized carbons (Fsp3) is 0.267. The first-order valence-electron chi connectivity index (χ1n) is 7.48. The lowest BCUT2D eigenvalue weighted by Crippen LogP contribution is -2.32. The van der Waals surface area contributed by atoms with Gasteiger partial charge in [-0.05, 0) is 12.1 Å². The van der Waals surface area contributed by atoms with Crippen molar-refractivity contribution in [3.05, 3.63) is 35.6 Å². The Labute approximate surface area is 140 Å². The van der Waals surface area contributed by atoms with Crippen molar-refractivity contribution in [2.24, 2.45) is 5.92 Å². The van der Waals surface area contributed by atoms with Crippen LogP contribution in [0.15, 0.2) is 29.9 Å². The Morgan fingerprint density at radius 3 is 3.17 bits per heavy atom. The highest BCUT2D eigenvalue weighted by Gasteiger charge is 2.36. The molecule has 1 aliphatic heterocycles. The third kappa shape index (κ3) is 2.62. The normalized spacial score (nSPS) is 17.6. The second-order valence-corrected chi connectivity index (χ2v) is 6.39. The number of carbonyl (C=O) groups is 2. The topological polar surface area (TPSA) is 104 Å². The minimum Gasteiger partial charge on any atom is -0.350 e. The van der Waals surface area contributed by atoms with Crippen LogP contribution in [-0.4, -0.2) is 38.5 Å². The summed E-state index contributed by atoms with van der Waals surface area (Å²) in [6.07, 6.45) is 3.53. The van der Waals surface area contributed by atoms with Gasteiger partial charge in [-0.2, -0.15) is 5.10 Å². The predicted octanol–water partition coefficient (Wildman–Crippen LogP) is 1.08.